The first kappa shape index (κ1) is 20.4. The molecule has 2 N–H and O–H groups in total. The number of carbonyl (C=O) groups is 1. The van der Waals surface area contributed by atoms with Crippen molar-refractivity contribution in [3.8, 4) is 11.1 Å². The van der Waals surface area contributed by atoms with E-state index in [9.17, 15) is 13.2 Å². The Kier molecular flexibility index (Phi) is 6.73. The highest BCUT2D eigenvalue weighted by Crippen LogP contribution is 2.31. The van der Waals surface area contributed by atoms with Gasteiger partial charge in [0.15, 0.2) is 9.84 Å². The molecule has 3 rings (SSSR count). The fraction of sp³-hybridized carbons (Fsp3) is 0.409. The van der Waals surface area contributed by atoms with E-state index in [-0.39, 0.29) is 22.7 Å². The quantitative estimate of drug-likeness (QED) is 0.717. The molecule has 2 aromatic rings. The number of urea groups is 1. The van der Waals surface area contributed by atoms with Crippen molar-refractivity contribution in [1.29, 1.82) is 0 Å². The molecule has 1 aliphatic rings. The standard InChI is InChI=1S/C22H28N2O3S/c1-2-15-28(26,27)19-13-14-20(17-9-5-3-6-10-17)21(16-19)24-22(25)23-18-11-7-4-8-12-18/h3,5-6,9-10,13-14,16,18H,2,4,7-8,11-12,15H2,1H3,(H2,23,24,25). The highest BCUT2D eigenvalue weighted by molar-refractivity contribution is 7.91. The van der Waals surface area contributed by atoms with E-state index in [4.69, 9.17) is 0 Å². The lowest BCUT2D eigenvalue weighted by atomic mass is 9.96. The fourth-order valence-electron chi connectivity index (χ4n) is 3.67. The average molecular weight is 401 g/mol. The average Bonchev–Trinajstić information content (AvgIpc) is 2.69. The molecule has 0 unspecified atom stereocenters. The molecule has 1 saturated carbocycles. The molecular formula is C22H28N2O3S. The SMILES string of the molecule is CCCS(=O)(=O)c1ccc(-c2ccccc2)c(NC(=O)NC2CCCCC2)c1. The molecule has 0 aromatic heterocycles. The van der Waals surface area contributed by atoms with Crippen molar-refractivity contribution in [2.24, 2.45) is 0 Å². The van der Waals surface area contributed by atoms with E-state index in [1.54, 1.807) is 18.2 Å². The van der Waals surface area contributed by atoms with Crippen LogP contribution in [-0.2, 0) is 9.84 Å². The number of hydrogen-bond acceptors (Lipinski definition) is 3. The largest absolute Gasteiger partial charge is 0.335 e. The summed E-state index contributed by atoms with van der Waals surface area (Å²) >= 11 is 0. The molecule has 28 heavy (non-hydrogen) atoms. The lowest BCUT2D eigenvalue weighted by Gasteiger charge is -2.23. The summed E-state index contributed by atoms with van der Waals surface area (Å²) < 4.78 is 25.0. The molecule has 0 bridgehead atoms. The van der Waals surface area contributed by atoms with Gasteiger partial charge in [0.2, 0.25) is 0 Å². The molecule has 0 spiro atoms. The maximum absolute atomic E-state index is 12.6. The topological polar surface area (TPSA) is 75.3 Å². The zero-order valence-corrected chi connectivity index (χ0v) is 17.1. The minimum absolute atomic E-state index is 0.0887. The van der Waals surface area contributed by atoms with Crippen LogP contribution in [0.3, 0.4) is 0 Å². The van der Waals surface area contributed by atoms with E-state index >= 15 is 0 Å². The number of sulfone groups is 1. The van der Waals surface area contributed by atoms with Crippen LogP contribution in [0.25, 0.3) is 11.1 Å². The van der Waals surface area contributed by atoms with Crippen LogP contribution in [0.5, 0.6) is 0 Å². The van der Waals surface area contributed by atoms with E-state index < -0.39 is 9.84 Å². The third-order valence-electron chi connectivity index (χ3n) is 5.10. The van der Waals surface area contributed by atoms with E-state index in [0.717, 1.165) is 36.8 Å². The van der Waals surface area contributed by atoms with Crippen molar-refractivity contribution in [2.75, 3.05) is 11.1 Å². The lowest BCUT2D eigenvalue weighted by molar-refractivity contribution is 0.244. The van der Waals surface area contributed by atoms with Crippen LogP contribution >= 0.6 is 0 Å². The molecule has 150 valence electrons. The van der Waals surface area contributed by atoms with Gasteiger partial charge >= 0.3 is 6.03 Å². The van der Waals surface area contributed by atoms with Gasteiger partial charge in [-0.2, -0.15) is 0 Å². The molecule has 0 heterocycles. The van der Waals surface area contributed by atoms with E-state index in [1.165, 1.54) is 6.42 Å². The van der Waals surface area contributed by atoms with Gasteiger partial charge in [0.25, 0.3) is 0 Å². The molecule has 2 aromatic carbocycles. The van der Waals surface area contributed by atoms with E-state index in [2.05, 4.69) is 10.6 Å². The van der Waals surface area contributed by atoms with Crippen molar-refractivity contribution in [3.05, 3.63) is 48.5 Å². The minimum atomic E-state index is -3.37. The summed E-state index contributed by atoms with van der Waals surface area (Å²) in [6, 6.07) is 14.5. The zero-order chi connectivity index (χ0) is 20.0. The smallest absolute Gasteiger partial charge is 0.319 e. The Bertz CT molecular complexity index is 905. The van der Waals surface area contributed by atoms with Gasteiger partial charge in [0.1, 0.15) is 0 Å². The predicted molar refractivity (Wildman–Crippen MR) is 113 cm³/mol. The van der Waals surface area contributed by atoms with Crippen LogP contribution in [0.1, 0.15) is 45.4 Å². The maximum atomic E-state index is 12.6. The number of benzene rings is 2. The molecule has 1 aliphatic carbocycles. The molecule has 1 fully saturated rings. The monoisotopic (exact) mass is 400 g/mol. The Labute approximate surface area is 167 Å². The number of rotatable bonds is 6. The second-order valence-corrected chi connectivity index (χ2v) is 9.43. The Hall–Kier alpha value is -2.34. The number of anilines is 1. The molecule has 2 amide bonds. The molecule has 0 atom stereocenters. The first-order valence-electron chi connectivity index (χ1n) is 9.99. The minimum Gasteiger partial charge on any atom is -0.335 e. The van der Waals surface area contributed by atoms with Crippen molar-refractivity contribution in [2.45, 2.75) is 56.4 Å². The molecule has 0 aliphatic heterocycles. The van der Waals surface area contributed by atoms with E-state index in [1.807, 2.05) is 37.3 Å². The third kappa shape index (κ3) is 5.13. The summed E-state index contributed by atoms with van der Waals surface area (Å²) in [6.07, 6.45) is 6.01. The van der Waals surface area contributed by atoms with Crippen LogP contribution in [0.2, 0.25) is 0 Å². The lowest BCUT2D eigenvalue weighted by Crippen LogP contribution is -2.39. The van der Waals surface area contributed by atoms with Crippen molar-refractivity contribution >= 4 is 21.6 Å². The molecule has 0 radical (unpaired) electrons. The van der Waals surface area contributed by atoms with Crippen molar-refractivity contribution in [1.82, 2.24) is 5.32 Å². The van der Waals surface area contributed by atoms with Crippen molar-refractivity contribution < 1.29 is 13.2 Å². The van der Waals surface area contributed by atoms with Gasteiger partial charge in [-0.3, -0.25) is 0 Å². The first-order chi connectivity index (χ1) is 13.5. The number of amides is 2. The highest BCUT2D eigenvalue weighted by atomic mass is 32.2. The Balaban J connectivity index is 1.89. The number of carbonyl (C=O) groups excluding carboxylic acids is 1. The van der Waals surface area contributed by atoms with Gasteiger partial charge in [0, 0.05) is 11.6 Å². The predicted octanol–water partition coefficient (Wildman–Crippen LogP) is 4.99. The first-order valence-corrected chi connectivity index (χ1v) is 11.6. The second-order valence-electron chi connectivity index (χ2n) is 7.33. The Morgan fingerprint density at radius 3 is 2.43 bits per heavy atom. The van der Waals surface area contributed by atoms with Crippen LogP contribution < -0.4 is 10.6 Å². The Morgan fingerprint density at radius 1 is 1.04 bits per heavy atom. The maximum Gasteiger partial charge on any atom is 0.319 e. The number of nitrogens with one attached hydrogen (secondary N) is 2. The Morgan fingerprint density at radius 2 is 1.75 bits per heavy atom. The third-order valence-corrected chi connectivity index (χ3v) is 7.01. The fourth-order valence-corrected chi connectivity index (χ4v) is 5.01. The number of hydrogen-bond donors (Lipinski definition) is 2. The normalized spacial score (nSPS) is 15.2. The molecular weight excluding hydrogens is 372 g/mol. The summed E-state index contributed by atoms with van der Waals surface area (Å²) in [5.74, 6) is 0.0887. The summed E-state index contributed by atoms with van der Waals surface area (Å²) in [4.78, 5) is 12.8. The zero-order valence-electron chi connectivity index (χ0n) is 16.3. The summed E-state index contributed by atoms with van der Waals surface area (Å²) in [5, 5.41) is 5.93. The van der Waals surface area contributed by atoms with E-state index in [0.29, 0.717) is 12.1 Å². The van der Waals surface area contributed by atoms with Crippen LogP contribution in [0.15, 0.2) is 53.4 Å². The molecule has 0 saturated heterocycles. The van der Waals surface area contributed by atoms with Gasteiger partial charge in [0.05, 0.1) is 16.3 Å². The summed E-state index contributed by atoms with van der Waals surface area (Å²) in [5.41, 5.74) is 2.24. The second kappa shape index (κ2) is 9.24. The van der Waals surface area contributed by atoms with Gasteiger partial charge in [-0.15, -0.1) is 0 Å². The molecule has 6 heteroatoms. The van der Waals surface area contributed by atoms with Crippen LogP contribution in [0, 0.1) is 0 Å². The van der Waals surface area contributed by atoms with Crippen LogP contribution in [0.4, 0.5) is 10.5 Å². The van der Waals surface area contributed by atoms with Gasteiger partial charge in [-0.25, -0.2) is 13.2 Å². The summed E-state index contributed by atoms with van der Waals surface area (Å²) in [6.45, 7) is 1.84. The van der Waals surface area contributed by atoms with Crippen molar-refractivity contribution in [3.63, 3.8) is 0 Å². The highest BCUT2D eigenvalue weighted by Gasteiger charge is 2.19. The van der Waals surface area contributed by atoms with Gasteiger partial charge < -0.3 is 10.6 Å². The van der Waals surface area contributed by atoms with Crippen LogP contribution in [-0.4, -0.2) is 26.2 Å². The summed E-state index contributed by atoms with van der Waals surface area (Å²) in [7, 11) is -3.37. The van der Waals surface area contributed by atoms with Gasteiger partial charge in [-0.1, -0.05) is 62.6 Å². The van der Waals surface area contributed by atoms with Gasteiger partial charge in [-0.05, 0) is 37.0 Å². The molecule has 5 nitrogen and oxygen atoms in total.